The number of benzene rings is 3. The number of para-hydroxylation sites is 2. The molecule has 1 aliphatic heterocycles. The average Bonchev–Trinajstić information content (AvgIpc) is 2.99. The van der Waals surface area contributed by atoms with Crippen LogP contribution < -0.4 is 25.2 Å². The van der Waals surface area contributed by atoms with Crippen LogP contribution in [0.15, 0.2) is 66.7 Å². The summed E-state index contributed by atoms with van der Waals surface area (Å²) in [4.78, 5) is 30.7. The molecule has 2 amide bonds. The van der Waals surface area contributed by atoms with E-state index in [1.807, 2.05) is 54.6 Å². The van der Waals surface area contributed by atoms with Crippen molar-refractivity contribution in [2.75, 3.05) is 68.7 Å². The minimum absolute atomic E-state index is 0.170. The molecule has 0 bridgehead atoms. The summed E-state index contributed by atoms with van der Waals surface area (Å²) in [5.41, 5.74) is 4.80. The minimum atomic E-state index is -0.206. The molecule has 39 heavy (non-hydrogen) atoms. The van der Waals surface area contributed by atoms with Gasteiger partial charge < -0.3 is 29.9 Å². The van der Waals surface area contributed by atoms with Gasteiger partial charge in [0.05, 0.1) is 18.4 Å². The molecule has 1 heterocycles. The van der Waals surface area contributed by atoms with Crippen LogP contribution in [-0.2, 0) is 11.2 Å². The second-order valence-electron chi connectivity index (χ2n) is 9.48. The number of anilines is 3. The number of nitrogens with one attached hydrogen (secondary N) is 2. The maximum atomic E-state index is 13.3. The zero-order valence-electron chi connectivity index (χ0n) is 23.0. The maximum Gasteiger partial charge on any atom is 0.255 e. The fraction of sp³-hybridized carbons (Fsp3) is 0.355. The molecule has 0 aliphatic carbocycles. The largest absolute Gasteiger partial charge is 0.495 e. The van der Waals surface area contributed by atoms with Crippen LogP contribution in [0.1, 0.15) is 39.6 Å². The quantitative estimate of drug-likeness (QED) is 0.353. The Bertz CT molecular complexity index is 1250. The molecule has 0 spiro atoms. The molecular weight excluding hydrogens is 492 g/mol. The molecular formula is C31H38N4O4. The van der Waals surface area contributed by atoms with Gasteiger partial charge in [-0.25, -0.2) is 0 Å². The van der Waals surface area contributed by atoms with Gasteiger partial charge in [0.2, 0.25) is 0 Å². The molecule has 8 nitrogen and oxygen atoms in total. The van der Waals surface area contributed by atoms with Crippen molar-refractivity contribution in [2.45, 2.75) is 19.8 Å². The smallest absolute Gasteiger partial charge is 0.255 e. The summed E-state index contributed by atoms with van der Waals surface area (Å²) >= 11 is 0. The van der Waals surface area contributed by atoms with E-state index >= 15 is 0 Å². The fourth-order valence-corrected chi connectivity index (χ4v) is 4.76. The molecule has 0 atom stereocenters. The lowest BCUT2D eigenvalue weighted by Gasteiger charge is -2.38. The average molecular weight is 531 g/mol. The highest BCUT2D eigenvalue weighted by Crippen LogP contribution is 2.31. The molecule has 8 heteroatoms. The minimum Gasteiger partial charge on any atom is -0.495 e. The Morgan fingerprint density at radius 3 is 2.21 bits per heavy atom. The summed E-state index contributed by atoms with van der Waals surface area (Å²) in [6.45, 7) is 6.24. The van der Waals surface area contributed by atoms with Gasteiger partial charge in [-0.15, -0.1) is 0 Å². The van der Waals surface area contributed by atoms with E-state index in [9.17, 15) is 9.59 Å². The summed E-state index contributed by atoms with van der Waals surface area (Å²) in [7, 11) is 3.33. The molecule has 2 N–H and O–H groups in total. The molecule has 0 saturated carbocycles. The predicted molar refractivity (Wildman–Crippen MR) is 156 cm³/mol. The molecule has 206 valence electrons. The Morgan fingerprint density at radius 2 is 1.54 bits per heavy atom. The first-order valence-electron chi connectivity index (χ1n) is 13.5. The Morgan fingerprint density at radius 1 is 0.846 bits per heavy atom. The first-order chi connectivity index (χ1) is 19.0. The van der Waals surface area contributed by atoms with Gasteiger partial charge >= 0.3 is 0 Å². The molecule has 0 radical (unpaired) electrons. The van der Waals surface area contributed by atoms with Crippen molar-refractivity contribution in [3.8, 4) is 5.75 Å². The van der Waals surface area contributed by atoms with Gasteiger partial charge in [-0.2, -0.15) is 0 Å². The zero-order chi connectivity index (χ0) is 27.6. The third-order valence-electron chi connectivity index (χ3n) is 6.98. The number of piperazine rings is 1. The van der Waals surface area contributed by atoms with Crippen molar-refractivity contribution in [3.63, 3.8) is 0 Å². The van der Waals surface area contributed by atoms with E-state index in [0.29, 0.717) is 30.0 Å². The summed E-state index contributed by atoms with van der Waals surface area (Å²) in [5.74, 6) is 0.477. The van der Waals surface area contributed by atoms with E-state index in [1.165, 1.54) is 5.56 Å². The van der Waals surface area contributed by atoms with Crippen molar-refractivity contribution in [1.82, 2.24) is 5.32 Å². The van der Waals surface area contributed by atoms with Gasteiger partial charge in [-0.3, -0.25) is 9.59 Å². The highest BCUT2D eigenvalue weighted by molar-refractivity contribution is 6.06. The first-order valence-corrected chi connectivity index (χ1v) is 13.5. The summed E-state index contributed by atoms with van der Waals surface area (Å²) in [6.07, 6.45) is 1.64. The number of amides is 2. The molecule has 1 fully saturated rings. The van der Waals surface area contributed by atoms with Crippen LogP contribution in [-0.4, -0.2) is 65.4 Å². The Balaban J connectivity index is 1.52. The lowest BCUT2D eigenvalue weighted by molar-refractivity contribution is 0.0947. The Labute approximate surface area is 230 Å². The van der Waals surface area contributed by atoms with Gasteiger partial charge in [0.25, 0.3) is 11.8 Å². The molecule has 4 rings (SSSR count). The van der Waals surface area contributed by atoms with E-state index in [4.69, 9.17) is 9.47 Å². The number of nitrogens with zero attached hydrogens (tertiary/aromatic N) is 2. The van der Waals surface area contributed by atoms with Crippen molar-refractivity contribution < 1.29 is 19.1 Å². The number of methoxy groups -OCH3 is 2. The summed E-state index contributed by atoms with van der Waals surface area (Å²) < 4.78 is 10.7. The van der Waals surface area contributed by atoms with Gasteiger partial charge in [0.15, 0.2) is 0 Å². The van der Waals surface area contributed by atoms with Crippen molar-refractivity contribution in [2.24, 2.45) is 0 Å². The summed E-state index contributed by atoms with van der Waals surface area (Å²) in [5, 5.41) is 5.96. The van der Waals surface area contributed by atoms with Gasteiger partial charge in [-0.05, 0) is 60.9 Å². The first kappa shape index (κ1) is 28.0. The van der Waals surface area contributed by atoms with Crippen LogP contribution in [0.25, 0.3) is 0 Å². The predicted octanol–water partition coefficient (Wildman–Crippen LogP) is 4.60. The van der Waals surface area contributed by atoms with Crippen LogP contribution in [0.5, 0.6) is 5.75 Å². The lowest BCUT2D eigenvalue weighted by Crippen LogP contribution is -2.47. The van der Waals surface area contributed by atoms with Crippen LogP contribution in [0.2, 0.25) is 0 Å². The number of aryl methyl sites for hydroxylation is 1. The monoisotopic (exact) mass is 530 g/mol. The number of hydrogen-bond donors (Lipinski definition) is 2. The molecule has 3 aromatic carbocycles. The highest BCUT2D eigenvalue weighted by Gasteiger charge is 2.24. The number of rotatable bonds is 11. The van der Waals surface area contributed by atoms with Gasteiger partial charge in [0, 0.05) is 63.4 Å². The second kappa shape index (κ2) is 13.7. The van der Waals surface area contributed by atoms with Crippen LogP contribution in [0.3, 0.4) is 0 Å². The number of carbonyl (C=O) groups excluding carboxylic acids is 2. The Kier molecular flexibility index (Phi) is 9.80. The van der Waals surface area contributed by atoms with Crippen LogP contribution in [0, 0.1) is 0 Å². The van der Waals surface area contributed by atoms with Gasteiger partial charge in [-0.1, -0.05) is 31.2 Å². The molecule has 1 aliphatic rings. The molecule has 0 unspecified atom stereocenters. The van der Waals surface area contributed by atoms with E-state index in [-0.39, 0.29) is 11.8 Å². The third kappa shape index (κ3) is 7.09. The van der Waals surface area contributed by atoms with Crippen LogP contribution >= 0.6 is 0 Å². The number of hydrogen-bond acceptors (Lipinski definition) is 6. The van der Waals surface area contributed by atoms with E-state index in [2.05, 4.69) is 33.4 Å². The molecule has 1 saturated heterocycles. The maximum absolute atomic E-state index is 13.3. The normalized spacial score (nSPS) is 13.2. The number of carbonyl (C=O) groups is 2. The molecule has 3 aromatic rings. The highest BCUT2D eigenvalue weighted by atomic mass is 16.5. The standard InChI is InChI=1S/C31H38N4O4/c1-4-23-10-12-24(13-11-23)30(36)33-25-14-15-27(26(22-25)31(37)32-16-7-21-38-2)34-17-19-35(20-18-34)28-8-5-6-9-29(28)39-3/h5-6,8-15,22H,4,7,16-21H2,1-3H3,(H,32,37)(H,33,36). The van der Waals surface area contributed by atoms with Crippen molar-refractivity contribution in [1.29, 1.82) is 0 Å². The number of ether oxygens (including phenoxy) is 2. The van der Waals surface area contributed by atoms with E-state index in [1.54, 1.807) is 20.3 Å². The van der Waals surface area contributed by atoms with Gasteiger partial charge in [0.1, 0.15) is 5.75 Å². The van der Waals surface area contributed by atoms with E-state index in [0.717, 1.165) is 56.1 Å². The van der Waals surface area contributed by atoms with E-state index < -0.39 is 0 Å². The second-order valence-corrected chi connectivity index (χ2v) is 9.48. The van der Waals surface area contributed by atoms with Crippen LogP contribution in [0.4, 0.5) is 17.1 Å². The van der Waals surface area contributed by atoms with Crippen molar-refractivity contribution >= 4 is 28.9 Å². The molecule has 0 aromatic heterocycles. The fourth-order valence-electron chi connectivity index (χ4n) is 4.76. The topological polar surface area (TPSA) is 83.1 Å². The zero-order valence-corrected chi connectivity index (χ0v) is 23.0. The lowest BCUT2D eigenvalue weighted by atomic mass is 10.1. The SMILES string of the molecule is CCc1ccc(C(=O)Nc2ccc(N3CCN(c4ccccc4OC)CC3)c(C(=O)NCCCOC)c2)cc1. The Hall–Kier alpha value is -4.04. The van der Waals surface area contributed by atoms with Crippen molar-refractivity contribution in [3.05, 3.63) is 83.4 Å². The third-order valence-corrected chi connectivity index (χ3v) is 6.98. The summed E-state index contributed by atoms with van der Waals surface area (Å²) in [6, 6.07) is 21.2.